The molecule has 0 saturated carbocycles. The van der Waals surface area contributed by atoms with Gasteiger partial charge in [-0.05, 0) is 42.7 Å². The molecule has 0 heterocycles. The van der Waals surface area contributed by atoms with E-state index >= 15 is 0 Å². The minimum Gasteiger partial charge on any atom is -0.349 e. The highest BCUT2D eigenvalue weighted by Crippen LogP contribution is 2.26. The van der Waals surface area contributed by atoms with E-state index in [1.54, 1.807) is 11.8 Å². The standard InChI is InChI=1S/C20H22N2OS/c1-3-17(4-2)22-20(23)18-7-5-6-8-19(18)24-14-16-11-9-15(13-21)10-12-16/h5-12,17H,3-4,14H2,1-2H3,(H,22,23). The van der Waals surface area contributed by atoms with Crippen LogP contribution in [0.4, 0.5) is 0 Å². The molecular formula is C20H22N2OS. The van der Waals surface area contributed by atoms with E-state index in [9.17, 15) is 4.79 Å². The van der Waals surface area contributed by atoms with Crippen LogP contribution in [0.5, 0.6) is 0 Å². The van der Waals surface area contributed by atoms with Crippen LogP contribution in [-0.2, 0) is 5.75 Å². The first kappa shape index (κ1) is 18.1. The Morgan fingerprint density at radius 2 is 1.79 bits per heavy atom. The molecule has 1 N–H and O–H groups in total. The number of hydrogen-bond donors (Lipinski definition) is 1. The monoisotopic (exact) mass is 338 g/mol. The Labute approximate surface area is 148 Å². The zero-order valence-electron chi connectivity index (χ0n) is 14.1. The average Bonchev–Trinajstić information content (AvgIpc) is 2.64. The second kappa shape index (κ2) is 9.14. The summed E-state index contributed by atoms with van der Waals surface area (Å²) in [4.78, 5) is 13.5. The van der Waals surface area contributed by atoms with Gasteiger partial charge in [0.1, 0.15) is 0 Å². The van der Waals surface area contributed by atoms with Crippen LogP contribution in [0.3, 0.4) is 0 Å². The minimum atomic E-state index is -0.00775. The first-order valence-corrected chi connectivity index (χ1v) is 9.18. The van der Waals surface area contributed by atoms with Gasteiger partial charge in [0.05, 0.1) is 17.2 Å². The third-order valence-electron chi connectivity index (χ3n) is 3.93. The SMILES string of the molecule is CCC(CC)NC(=O)c1ccccc1SCc1ccc(C#N)cc1. The summed E-state index contributed by atoms with van der Waals surface area (Å²) in [7, 11) is 0. The van der Waals surface area contributed by atoms with Crippen molar-refractivity contribution in [2.75, 3.05) is 0 Å². The second-order valence-corrected chi connectivity index (χ2v) is 6.60. The molecule has 0 aliphatic heterocycles. The summed E-state index contributed by atoms with van der Waals surface area (Å²) in [6.45, 7) is 4.17. The third kappa shape index (κ3) is 4.87. The van der Waals surface area contributed by atoms with Crippen molar-refractivity contribution < 1.29 is 4.79 Å². The number of hydrogen-bond acceptors (Lipinski definition) is 3. The van der Waals surface area contributed by atoms with E-state index in [0.717, 1.165) is 34.6 Å². The van der Waals surface area contributed by atoms with Crippen molar-refractivity contribution in [2.45, 2.75) is 43.4 Å². The summed E-state index contributed by atoms with van der Waals surface area (Å²) in [5.74, 6) is 0.757. The fourth-order valence-electron chi connectivity index (χ4n) is 2.37. The number of carbonyl (C=O) groups is 1. The molecule has 0 spiro atoms. The Bertz CT molecular complexity index is 715. The van der Waals surface area contributed by atoms with Crippen molar-refractivity contribution in [1.29, 1.82) is 5.26 Å². The third-order valence-corrected chi connectivity index (χ3v) is 5.07. The lowest BCUT2D eigenvalue weighted by molar-refractivity contribution is 0.0932. The van der Waals surface area contributed by atoms with Gasteiger partial charge in [0, 0.05) is 16.7 Å². The predicted octanol–water partition coefficient (Wildman–Crippen LogP) is 4.77. The van der Waals surface area contributed by atoms with Gasteiger partial charge in [-0.3, -0.25) is 4.79 Å². The van der Waals surface area contributed by atoms with Crippen LogP contribution in [0.15, 0.2) is 53.4 Å². The van der Waals surface area contributed by atoms with Gasteiger partial charge in [0.25, 0.3) is 5.91 Å². The second-order valence-electron chi connectivity index (χ2n) is 5.58. The molecule has 2 rings (SSSR count). The lowest BCUT2D eigenvalue weighted by atomic mass is 10.1. The van der Waals surface area contributed by atoms with Gasteiger partial charge in [-0.15, -0.1) is 11.8 Å². The van der Waals surface area contributed by atoms with Crippen LogP contribution in [0, 0.1) is 11.3 Å². The van der Waals surface area contributed by atoms with Crippen molar-refractivity contribution >= 4 is 17.7 Å². The molecule has 1 amide bonds. The normalized spacial score (nSPS) is 10.4. The Morgan fingerprint density at radius 1 is 1.12 bits per heavy atom. The van der Waals surface area contributed by atoms with Gasteiger partial charge in [0.2, 0.25) is 0 Å². The summed E-state index contributed by atoms with van der Waals surface area (Å²) in [5, 5.41) is 11.9. The largest absolute Gasteiger partial charge is 0.349 e. The Balaban J connectivity index is 2.07. The van der Waals surface area contributed by atoms with Crippen molar-refractivity contribution in [2.24, 2.45) is 0 Å². The molecule has 0 radical (unpaired) electrons. The maximum absolute atomic E-state index is 12.5. The number of carbonyl (C=O) groups excluding carboxylic acids is 1. The Hall–Kier alpha value is -2.25. The van der Waals surface area contributed by atoms with Gasteiger partial charge in [-0.25, -0.2) is 0 Å². The van der Waals surface area contributed by atoms with E-state index in [2.05, 4.69) is 25.2 Å². The first-order chi connectivity index (χ1) is 11.7. The molecule has 3 nitrogen and oxygen atoms in total. The molecule has 2 aromatic rings. The highest BCUT2D eigenvalue weighted by Gasteiger charge is 2.14. The van der Waals surface area contributed by atoms with Crippen LogP contribution < -0.4 is 5.32 Å². The highest BCUT2D eigenvalue weighted by molar-refractivity contribution is 7.98. The van der Waals surface area contributed by atoms with E-state index in [0.29, 0.717) is 5.56 Å². The van der Waals surface area contributed by atoms with Gasteiger partial charge in [-0.2, -0.15) is 5.26 Å². The molecule has 0 unspecified atom stereocenters. The van der Waals surface area contributed by atoms with E-state index < -0.39 is 0 Å². The van der Waals surface area contributed by atoms with Gasteiger partial charge in [-0.1, -0.05) is 38.1 Å². The van der Waals surface area contributed by atoms with Crippen molar-refractivity contribution in [3.63, 3.8) is 0 Å². The summed E-state index contributed by atoms with van der Waals surface area (Å²) in [6, 6.07) is 17.6. The summed E-state index contributed by atoms with van der Waals surface area (Å²) >= 11 is 1.64. The Morgan fingerprint density at radius 3 is 2.42 bits per heavy atom. The molecule has 0 fully saturated rings. The molecule has 4 heteroatoms. The smallest absolute Gasteiger partial charge is 0.252 e. The molecule has 0 atom stereocenters. The average molecular weight is 338 g/mol. The zero-order chi connectivity index (χ0) is 17.4. The number of amides is 1. The number of nitrogens with one attached hydrogen (secondary N) is 1. The predicted molar refractivity (Wildman–Crippen MR) is 99.0 cm³/mol. The fraction of sp³-hybridized carbons (Fsp3) is 0.300. The van der Waals surface area contributed by atoms with Crippen LogP contribution in [0.25, 0.3) is 0 Å². The van der Waals surface area contributed by atoms with Gasteiger partial charge < -0.3 is 5.32 Å². The van der Waals surface area contributed by atoms with Gasteiger partial charge >= 0.3 is 0 Å². The fourth-order valence-corrected chi connectivity index (χ4v) is 3.38. The molecule has 24 heavy (non-hydrogen) atoms. The molecular weight excluding hydrogens is 316 g/mol. The summed E-state index contributed by atoms with van der Waals surface area (Å²) < 4.78 is 0. The lowest BCUT2D eigenvalue weighted by Gasteiger charge is -2.16. The van der Waals surface area contributed by atoms with Crippen molar-refractivity contribution in [3.8, 4) is 6.07 Å². The first-order valence-electron chi connectivity index (χ1n) is 8.19. The molecule has 0 aliphatic rings. The van der Waals surface area contributed by atoms with Crippen LogP contribution in [0.2, 0.25) is 0 Å². The van der Waals surface area contributed by atoms with E-state index in [1.165, 1.54) is 0 Å². The number of nitrogens with zero attached hydrogens (tertiary/aromatic N) is 1. The number of nitriles is 1. The van der Waals surface area contributed by atoms with E-state index in [4.69, 9.17) is 5.26 Å². The molecule has 2 aromatic carbocycles. The molecule has 0 bridgehead atoms. The highest BCUT2D eigenvalue weighted by atomic mass is 32.2. The number of rotatable bonds is 7. The summed E-state index contributed by atoms with van der Waals surface area (Å²) in [6.07, 6.45) is 1.87. The van der Waals surface area contributed by atoms with Crippen molar-refractivity contribution in [3.05, 3.63) is 65.2 Å². The van der Waals surface area contributed by atoms with Crippen LogP contribution in [0.1, 0.15) is 48.2 Å². The minimum absolute atomic E-state index is 0.00775. The molecule has 124 valence electrons. The lowest BCUT2D eigenvalue weighted by Crippen LogP contribution is -2.34. The number of benzene rings is 2. The molecule has 0 aliphatic carbocycles. The maximum atomic E-state index is 12.5. The maximum Gasteiger partial charge on any atom is 0.252 e. The van der Waals surface area contributed by atoms with Crippen LogP contribution in [-0.4, -0.2) is 11.9 Å². The van der Waals surface area contributed by atoms with Crippen LogP contribution >= 0.6 is 11.8 Å². The van der Waals surface area contributed by atoms with Gasteiger partial charge in [0.15, 0.2) is 0 Å². The summed E-state index contributed by atoms with van der Waals surface area (Å²) in [5.41, 5.74) is 2.52. The van der Waals surface area contributed by atoms with Crippen molar-refractivity contribution in [1.82, 2.24) is 5.32 Å². The van der Waals surface area contributed by atoms with E-state index in [1.807, 2.05) is 48.5 Å². The zero-order valence-corrected chi connectivity index (χ0v) is 14.9. The molecule has 0 aromatic heterocycles. The topological polar surface area (TPSA) is 52.9 Å². The quantitative estimate of drug-likeness (QED) is 0.740. The Kier molecular flexibility index (Phi) is 6.89. The molecule has 0 saturated heterocycles. The number of thioether (sulfide) groups is 1. The van der Waals surface area contributed by atoms with E-state index in [-0.39, 0.29) is 11.9 Å².